The molecule has 33 heavy (non-hydrogen) atoms. The number of benzene rings is 3. The molecular formula is C27H26N2O4. The van der Waals surface area contributed by atoms with Gasteiger partial charge in [0.2, 0.25) is 5.91 Å². The predicted octanol–water partition coefficient (Wildman–Crippen LogP) is 4.95. The molecule has 4 rings (SSSR count). The molecule has 3 aromatic rings. The number of methoxy groups -OCH3 is 1. The Morgan fingerprint density at radius 2 is 1.67 bits per heavy atom. The molecule has 0 aliphatic heterocycles. The maximum absolute atomic E-state index is 12.8. The van der Waals surface area contributed by atoms with Crippen LogP contribution in [0.3, 0.4) is 0 Å². The summed E-state index contributed by atoms with van der Waals surface area (Å²) in [7, 11) is 1.27. The van der Waals surface area contributed by atoms with Crippen LogP contribution in [0.2, 0.25) is 0 Å². The summed E-state index contributed by atoms with van der Waals surface area (Å²) in [4.78, 5) is 37.6. The summed E-state index contributed by atoms with van der Waals surface area (Å²) in [6, 6.07) is 18.8. The van der Waals surface area contributed by atoms with Gasteiger partial charge in [0.25, 0.3) is 5.91 Å². The van der Waals surface area contributed by atoms with E-state index in [1.807, 2.05) is 49.4 Å². The van der Waals surface area contributed by atoms with Crippen LogP contribution in [0.4, 0.5) is 5.69 Å². The maximum Gasteiger partial charge on any atom is 0.339 e. The monoisotopic (exact) mass is 442 g/mol. The van der Waals surface area contributed by atoms with E-state index in [-0.39, 0.29) is 23.2 Å². The molecule has 2 N–H and O–H groups in total. The number of amides is 2. The number of hydrogen-bond donors (Lipinski definition) is 2. The van der Waals surface area contributed by atoms with Gasteiger partial charge in [-0.3, -0.25) is 9.59 Å². The highest BCUT2D eigenvalue weighted by atomic mass is 16.5. The van der Waals surface area contributed by atoms with E-state index in [0.717, 1.165) is 41.2 Å². The third-order valence-electron chi connectivity index (χ3n) is 5.94. The number of nitrogens with one attached hydrogen (secondary N) is 2. The topological polar surface area (TPSA) is 84.5 Å². The van der Waals surface area contributed by atoms with Gasteiger partial charge in [-0.05, 0) is 72.4 Å². The van der Waals surface area contributed by atoms with E-state index in [1.165, 1.54) is 25.3 Å². The standard InChI is InChI=1S/C27H26N2O4/c1-17(19-11-10-18-6-3-4-7-20(18)15-19)14-25(30)29-24-16-21(12-13-23(24)27(32)33-2)26(31)28-22-8-5-9-22/h3-4,6-7,10-16,22H,5,8-9H2,1-2H3,(H,28,31)(H,29,30)/b17-14-. The summed E-state index contributed by atoms with van der Waals surface area (Å²) in [6.45, 7) is 1.85. The zero-order valence-corrected chi connectivity index (χ0v) is 18.7. The van der Waals surface area contributed by atoms with Crippen LogP contribution in [0, 0.1) is 0 Å². The van der Waals surface area contributed by atoms with Crippen molar-refractivity contribution in [3.8, 4) is 0 Å². The Hall–Kier alpha value is -3.93. The third-order valence-corrected chi connectivity index (χ3v) is 5.94. The van der Waals surface area contributed by atoms with Gasteiger partial charge in [-0.25, -0.2) is 4.79 Å². The Morgan fingerprint density at radius 3 is 2.36 bits per heavy atom. The Labute approximate surface area is 192 Å². The van der Waals surface area contributed by atoms with Crippen molar-refractivity contribution < 1.29 is 19.1 Å². The van der Waals surface area contributed by atoms with Gasteiger partial charge in [-0.15, -0.1) is 0 Å². The average Bonchev–Trinajstić information content (AvgIpc) is 2.80. The van der Waals surface area contributed by atoms with Gasteiger partial charge >= 0.3 is 5.97 Å². The zero-order valence-electron chi connectivity index (χ0n) is 18.7. The minimum atomic E-state index is -0.591. The molecule has 6 heteroatoms. The first-order valence-corrected chi connectivity index (χ1v) is 11.0. The molecule has 0 bridgehead atoms. The molecule has 0 saturated heterocycles. The van der Waals surface area contributed by atoms with Crippen molar-refractivity contribution in [3.63, 3.8) is 0 Å². The zero-order chi connectivity index (χ0) is 23.4. The van der Waals surface area contributed by atoms with Crippen molar-refractivity contribution in [1.29, 1.82) is 0 Å². The Balaban J connectivity index is 1.57. The Kier molecular flexibility index (Phi) is 6.54. The van der Waals surface area contributed by atoms with Crippen LogP contribution in [0.1, 0.15) is 52.5 Å². The molecular weight excluding hydrogens is 416 g/mol. The van der Waals surface area contributed by atoms with Crippen LogP contribution in [0.15, 0.2) is 66.7 Å². The lowest BCUT2D eigenvalue weighted by Gasteiger charge is -2.26. The molecule has 3 aromatic carbocycles. The first-order valence-electron chi connectivity index (χ1n) is 11.0. The number of esters is 1. The first kappa shape index (κ1) is 22.3. The Bertz CT molecular complexity index is 1260. The smallest absolute Gasteiger partial charge is 0.339 e. The molecule has 6 nitrogen and oxygen atoms in total. The van der Waals surface area contributed by atoms with Crippen LogP contribution >= 0.6 is 0 Å². The lowest BCUT2D eigenvalue weighted by Crippen LogP contribution is -2.39. The summed E-state index contributed by atoms with van der Waals surface area (Å²) >= 11 is 0. The third kappa shape index (κ3) is 5.12. The molecule has 168 valence electrons. The van der Waals surface area contributed by atoms with E-state index in [9.17, 15) is 14.4 Å². The van der Waals surface area contributed by atoms with E-state index in [1.54, 1.807) is 6.07 Å². The number of ether oxygens (including phenoxy) is 1. The van der Waals surface area contributed by atoms with Gasteiger partial charge in [-0.1, -0.05) is 36.4 Å². The Morgan fingerprint density at radius 1 is 0.939 bits per heavy atom. The van der Waals surface area contributed by atoms with Crippen LogP contribution in [0.5, 0.6) is 0 Å². The molecule has 0 heterocycles. The molecule has 1 aliphatic rings. The number of carbonyl (C=O) groups excluding carboxylic acids is 3. The highest BCUT2D eigenvalue weighted by Gasteiger charge is 2.22. The van der Waals surface area contributed by atoms with Crippen molar-refractivity contribution in [1.82, 2.24) is 5.32 Å². The number of fused-ring (bicyclic) bond motifs is 1. The molecule has 0 radical (unpaired) electrons. The molecule has 0 atom stereocenters. The normalized spacial score (nSPS) is 13.8. The number of hydrogen-bond acceptors (Lipinski definition) is 4. The van der Waals surface area contributed by atoms with Crippen molar-refractivity contribution in [2.24, 2.45) is 0 Å². The highest BCUT2D eigenvalue weighted by molar-refractivity contribution is 6.09. The largest absolute Gasteiger partial charge is 0.465 e. The number of allylic oxidation sites excluding steroid dienone is 1. The van der Waals surface area contributed by atoms with E-state index in [2.05, 4.69) is 10.6 Å². The molecule has 1 fully saturated rings. The van der Waals surface area contributed by atoms with Gasteiger partial charge in [0.15, 0.2) is 0 Å². The average molecular weight is 443 g/mol. The van der Waals surface area contributed by atoms with Crippen LogP contribution < -0.4 is 10.6 Å². The summed E-state index contributed by atoms with van der Waals surface area (Å²) in [5, 5.41) is 7.92. The summed E-state index contributed by atoms with van der Waals surface area (Å²) in [5.74, 6) is -1.22. The van der Waals surface area contributed by atoms with Gasteiger partial charge in [0.1, 0.15) is 0 Å². The van der Waals surface area contributed by atoms with Crippen molar-refractivity contribution in [2.45, 2.75) is 32.2 Å². The van der Waals surface area contributed by atoms with E-state index < -0.39 is 11.9 Å². The van der Waals surface area contributed by atoms with Crippen molar-refractivity contribution >= 4 is 39.8 Å². The maximum atomic E-state index is 12.8. The summed E-state index contributed by atoms with van der Waals surface area (Å²) < 4.78 is 4.84. The first-order chi connectivity index (χ1) is 15.9. The fourth-order valence-electron chi connectivity index (χ4n) is 3.78. The molecule has 0 unspecified atom stereocenters. The van der Waals surface area contributed by atoms with Crippen LogP contribution in [0.25, 0.3) is 16.3 Å². The summed E-state index contributed by atoms with van der Waals surface area (Å²) in [5.41, 5.74) is 2.49. The second kappa shape index (κ2) is 9.69. The molecule has 2 amide bonds. The minimum absolute atomic E-state index is 0.183. The SMILES string of the molecule is COC(=O)c1ccc(C(=O)NC2CCC2)cc1NC(=O)/C=C(/C)c1ccc2ccccc2c1. The van der Waals surface area contributed by atoms with E-state index >= 15 is 0 Å². The van der Waals surface area contributed by atoms with Crippen LogP contribution in [-0.2, 0) is 9.53 Å². The quantitative estimate of drug-likeness (QED) is 0.418. The number of rotatable bonds is 6. The summed E-state index contributed by atoms with van der Waals surface area (Å²) in [6.07, 6.45) is 4.52. The van der Waals surface area contributed by atoms with Gasteiger partial charge in [0, 0.05) is 17.7 Å². The lowest BCUT2D eigenvalue weighted by atomic mass is 9.93. The van der Waals surface area contributed by atoms with Crippen molar-refractivity contribution in [3.05, 3.63) is 83.4 Å². The van der Waals surface area contributed by atoms with Crippen molar-refractivity contribution in [2.75, 3.05) is 12.4 Å². The highest BCUT2D eigenvalue weighted by Crippen LogP contribution is 2.24. The van der Waals surface area contributed by atoms with E-state index in [0.29, 0.717) is 5.56 Å². The molecule has 1 aliphatic carbocycles. The second-order valence-corrected chi connectivity index (χ2v) is 8.23. The van der Waals surface area contributed by atoms with Gasteiger partial charge in [-0.2, -0.15) is 0 Å². The minimum Gasteiger partial charge on any atom is -0.465 e. The molecule has 0 spiro atoms. The van der Waals surface area contributed by atoms with Gasteiger partial charge in [0.05, 0.1) is 18.4 Å². The second-order valence-electron chi connectivity index (χ2n) is 8.23. The van der Waals surface area contributed by atoms with E-state index in [4.69, 9.17) is 4.74 Å². The molecule has 1 saturated carbocycles. The number of carbonyl (C=O) groups is 3. The van der Waals surface area contributed by atoms with Crippen LogP contribution in [-0.4, -0.2) is 30.9 Å². The predicted molar refractivity (Wildman–Crippen MR) is 129 cm³/mol. The lowest BCUT2D eigenvalue weighted by molar-refractivity contribution is -0.111. The molecule has 0 aromatic heterocycles. The fraction of sp³-hybridized carbons (Fsp3) is 0.222. The van der Waals surface area contributed by atoms with Gasteiger partial charge < -0.3 is 15.4 Å². The fourth-order valence-corrected chi connectivity index (χ4v) is 3.78. The number of anilines is 1.